The molecule has 3 heteroatoms. The Balaban J connectivity index is 2.01. The summed E-state index contributed by atoms with van der Waals surface area (Å²) >= 11 is 0. The minimum absolute atomic E-state index is 0.291. The van der Waals surface area contributed by atoms with Crippen molar-refractivity contribution < 1.29 is 4.79 Å². The SMILES string of the molecule is CCC1CC1N1CNC(C)(CC)C1=O. The summed E-state index contributed by atoms with van der Waals surface area (Å²) in [5.74, 6) is 1.07. The van der Waals surface area contributed by atoms with E-state index in [0.29, 0.717) is 11.9 Å². The van der Waals surface area contributed by atoms with Crippen LogP contribution in [0.3, 0.4) is 0 Å². The van der Waals surface area contributed by atoms with Crippen molar-refractivity contribution in [2.24, 2.45) is 5.92 Å². The Kier molecular flexibility index (Phi) is 2.30. The normalized spacial score (nSPS) is 41.9. The van der Waals surface area contributed by atoms with Gasteiger partial charge in [0.1, 0.15) is 0 Å². The van der Waals surface area contributed by atoms with Crippen LogP contribution < -0.4 is 5.32 Å². The Morgan fingerprint density at radius 3 is 2.71 bits per heavy atom. The highest BCUT2D eigenvalue weighted by atomic mass is 16.2. The van der Waals surface area contributed by atoms with E-state index < -0.39 is 0 Å². The van der Waals surface area contributed by atoms with Gasteiger partial charge in [0.15, 0.2) is 0 Å². The summed E-state index contributed by atoms with van der Waals surface area (Å²) in [7, 11) is 0. The van der Waals surface area contributed by atoms with Gasteiger partial charge in [-0.05, 0) is 25.7 Å². The molecule has 2 fully saturated rings. The predicted octanol–water partition coefficient (Wildman–Crippen LogP) is 1.34. The van der Waals surface area contributed by atoms with Gasteiger partial charge in [-0.25, -0.2) is 0 Å². The Hall–Kier alpha value is -0.570. The molecule has 2 aliphatic rings. The lowest BCUT2D eigenvalue weighted by Crippen LogP contribution is -2.43. The molecule has 80 valence electrons. The van der Waals surface area contributed by atoms with Crippen LogP contribution in [0.1, 0.15) is 40.0 Å². The van der Waals surface area contributed by atoms with Gasteiger partial charge in [-0.1, -0.05) is 20.3 Å². The Bertz CT molecular complexity index is 254. The number of hydrogen-bond donors (Lipinski definition) is 1. The number of amides is 1. The molecule has 0 spiro atoms. The first-order valence-corrected chi connectivity index (χ1v) is 5.68. The molecule has 1 aliphatic heterocycles. The number of carbonyl (C=O) groups is 1. The van der Waals surface area contributed by atoms with E-state index in [2.05, 4.69) is 19.2 Å². The highest BCUT2D eigenvalue weighted by Crippen LogP contribution is 2.40. The number of nitrogens with one attached hydrogen (secondary N) is 1. The molecule has 3 atom stereocenters. The quantitative estimate of drug-likeness (QED) is 0.739. The van der Waals surface area contributed by atoms with Crippen LogP contribution in [0.15, 0.2) is 0 Å². The van der Waals surface area contributed by atoms with E-state index in [-0.39, 0.29) is 5.54 Å². The molecule has 0 aromatic heterocycles. The maximum absolute atomic E-state index is 12.1. The molecule has 14 heavy (non-hydrogen) atoms. The summed E-state index contributed by atoms with van der Waals surface area (Å²) in [5, 5.41) is 3.32. The fourth-order valence-electron chi connectivity index (χ4n) is 2.32. The van der Waals surface area contributed by atoms with E-state index >= 15 is 0 Å². The van der Waals surface area contributed by atoms with Gasteiger partial charge in [0.2, 0.25) is 5.91 Å². The molecule has 1 heterocycles. The third-order valence-corrected chi connectivity index (χ3v) is 3.89. The van der Waals surface area contributed by atoms with E-state index in [1.807, 2.05) is 11.8 Å². The van der Waals surface area contributed by atoms with Gasteiger partial charge in [-0.2, -0.15) is 0 Å². The van der Waals surface area contributed by atoms with Crippen molar-refractivity contribution in [3.63, 3.8) is 0 Å². The second-order valence-corrected chi connectivity index (χ2v) is 4.77. The van der Waals surface area contributed by atoms with Crippen molar-refractivity contribution in [2.45, 2.75) is 51.6 Å². The standard InChI is InChI=1S/C11H20N2O/c1-4-8-6-9(8)13-7-12-11(3,5-2)10(13)14/h8-9,12H,4-7H2,1-3H3. The first-order chi connectivity index (χ1) is 6.62. The zero-order valence-electron chi connectivity index (χ0n) is 9.34. The van der Waals surface area contributed by atoms with Gasteiger partial charge in [0.25, 0.3) is 0 Å². The molecule has 0 aromatic rings. The van der Waals surface area contributed by atoms with Crippen LogP contribution >= 0.6 is 0 Å². The summed E-state index contributed by atoms with van der Waals surface area (Å²) in [5.41, 5.74) is -0.291. The predicted molar refractivity (Wildman–Crippen MR) is 55.7 cm³/mol. The second-order valence-electron chi connectivity index (χ2n) is 4.77. The molecule has 0 bridgehead atoms. The summed E-state index contributed by atoms with van der Waals surface area (Å²) in [4.78, 5) is 14.1. The molecular formula is C11H20N2O. The van der Waals surface area contributed by atoms with Crippen molar-refractivity contribution in [2.75, 3.05) is 6.67 Å². The largest absolute Gasteiger partial charge is 0.325 e. The summed E-state index contributed by atoms with van der Waals surface area (Å²) in [6.45, 7) is 7.04. The Labute approximate surface area is 85.8 Å². The van der Waals surface area contributed by atoms with Crippen molar-refractivity contribution in [3.8, 4) is 0 Å². The van der Waals surface area contributed by atoms with Crippen LogP contribution in [0.4, 0.5) is 0 Å². The maximum atomic E-state index is 12.1. The van der Waals surface area contributed by atoms with Crippen LogP contribution in [-0.4, -0.2) is 29.1 Å². The lowest BCUT2D eigenvalue weighted by molar-refractivity contribution is -0.132. The molecule has 2 rings (SSSR count). The molecule has 1 saturated carbocycles. The number of rotatable bonds is 3. The third-order valence-electron chi connectivity index (χ3n) is 3.89. The van der Waals surface area contributed by atoms with Gasteiger partial charge in [-0.3, -0.25) is 10.1 Å². The van der Waals surface area contributed by atoms with Crippen LogP contribution in [0.2, 0.25) is 0 Å². The second kappa shape index (κ2) is 3.23. The fraction of sp³-hybridized carbons (Fsp3) is 0.909. The summed E-state index contributed by atoms with van der Waals surface area (Å²) in [6, 6.07) is 0.536. The molecule has 0 aromatic carbocycles. The minimum Gasteiger partial charge on any atom is -0.325 e. The molecule has 0 radical (unpaired) electrons. The zero-order chi connectivity index (χ0) is 10.3. The van der Waals surface area contributed by atoms with E-state index in [1.54, 1.807) is 0 Å². The Morgan fingerprint density at radius 2 is 2.29 bits per heavy atom. The van der Waals surface area contributed by atoms with Crippen LogP contribution in [-0.2, 0) is 4.79 Å². The molecular weight excluding hydrogens is 176 g/mol. The van der Waals surface area contributed by atoms with Crippen LogP contribution in [0.25, 0.3) is 0 Å². The summed E-state index contributed by atoms with van der Waals surface area (Å²) in [6.07, 6.45) is 3.30. The van der Waals surface area contributed by atoms with E-state index in [4.69, 9.17) is 0 Å². The van der Waals surface area contributed by atoms with Crippen molar-refractivity contribution in [1.82, 2.24) is 10.2 Å². The van der Waals surface area contributed by atoms with Crippen LogP contribution in [0, 0.1) is 5.92 Å². The van der Waals surface area contributed by atoms with E-state index in [1.165, 1.54) is 12.8 Å². The molecule has 1 N–H and O–H groups in total. The number of carbonyl (C=O) groups excluding carboxylic acids is 1. The third kappa shape index (κ3) is 1.34. The average Bonchev–Trinajstić information content (AvgIpc) is 2.91. The summed E-state index contributed by atoms with van der Waals surface area (Å²) < 4.78 is 0. The van der Waals surface area contributed by atoms with Gasteiger partial charge in [-0.15, -0.1) is 0 Å². The maximum Gasteiger partial charge on any atom is 0.243 e. The van der Waals surface area contributed by atoms with Crippen molar-refractivity contribution in [3.05, 3.63) is 0 Å². The van der Waals surface area contributed by atoms with Gasteiger partial charge in [0.05, 0.1) is 12.2 Å². The first kappa shape index (κ1) is 9.97. The lowest BCUT2D eigenvalue weighted by atomic mass is 9.99. The Morgan fingerprint density at radius 1 is 1.57 bits per heavy atom. The number of hydrogen-bond acceptors (Lipinski definition) is 2. The first-order valence-electron chi connectivity index (χ1n) is 5.68. The fourth-order valence-corrected chi connectivity index (χ4v) is 2.32. The smallest absolute Gasteiger partial charge is 0.243 e. The molecule has 1 amide bonds. The molecule has 3 unspecified atom stereocenters. The molecule has 1 saturated heterocycles. The van der Waals surface area contributed by atoms with Gasteiger partial charge < -0.3 is 4.90 Å². The highest BCUT2D eigenvalue weighted by molar-refractivity contribution is 5.88. The van der Waals surface area contributed by atoms with E-state index in [0.717, 1.165) is 19.0 Å². The van der Waals surface area contributed by atoms with Crippen LogP contribution in [0.5, 0.6) is 0 Å². The van der Waals surface area contributed by atoms with E-state index in [9.17, 15) is 4.79 Å². The van der Waals surface area contributed by atoms with Crippen molar-refractivity contribution >= 4 is 5.91 Å². The zero-order valence-corrected chi connectivity index (χ0v) is 9.34. The molecule has 1 aliphatic carbocycles. The van der Waals surface area contributed by atoms with Gasteiger partial charge >= 0.3 is 0 Å². The van der Waals surface area contributed by atoms with Crippen molar-refractivity contribution in [1.29, 1.82) is 0 Å². The minimum atomic E-state index is -0.291. The molecule has 3 nitrogen and oxygen atoms in total. The topological polar surface area (TPSA) is 32.3 Å². The number of nitrogens with zero attached hydrogens (tertiary/aromatic N) is 1. The lowest BCUT2D eigenvalue weighted by Gasteiger charge is -2.21. The highest BCUT2D eigenvalue weighted by Gasteiger charge is 2.50. The average molecular weight is 196 g/mol. The van der Waals surface area contributed by atoms with Gasteiger partial charge in [0, 0.05) is 6.04 Å². The monoisotopic (exact) mass is 196 g/mol.